The van der Waals surface area contributed by atoms with E-state index in [4.69, 9.17) is 0 Å². The number of thiazole rings is 1. The van der Waals surface area contributed by atoms with Gasteiger partial charge >= 0.3 is 0 Å². The van der Waals surface area contributed by atoms with E-state index < -0.39 is 0 Å². The van der Waals surface area contributed by atoms with Crippen molar-refractivity contribution in [1.82, 2.24) is 15.3 Å². The zero-order valence-electron chi connectivity index (χ0n) is 12.8. The zero-order valence-corrected chi connectivity index (χ0v) is 13.6. The molecule has 118 valence electrons. The summed E-state index contributed by atoms with van der Waals surface area (Å²) in [5.41, 5.74) is 1.55. The second kappa shape index (κ2) is 6.75. The first-order chi connectivity index (χ1) is 11.1. The highest BCUT2D eigenvalue weighted by atomic mass is 32.1. The van der Waals surface area contributed by atoms with Gasteiger partial charge in [0.25, 0.3) is 11.5 Å². The molecule has 0 saturated carbocycles. The summed E-state index contributed by atoms with van der Waals surface area (Å²) in [7, 11) is 0. The highest BCUT2D eigenvalue weighted by Gasteiger charge is 2.09. The maximum Gasteiger partial charge on any atom is 0.260 e. The molecule has 0 spiro atoms. The van der Waals surface area contributed by atoms with Gasteiger partial charge in [-0.1, -0.05) is 12.1 Å². The summed E-state index contributed by atoms with van der Waals surface area (Å²) in [6.45, 7) is 2.29. The summed E-state index contributed by atoms with van der Waals surface area (Å²) >= 11 is 1.68. The molecule has 0 saturated heterocycles. The fourth-order valence-corrected chi connectivity index (χ4v) is 3.32. The van der Waals surface area contributed by atoms with E-state index in [-0.39, 0.29) is 17.0 Å². The Hall–Kier alpha value is -2.47. The van der Waals surface area contributed by atoms with Gasteiger partial charge in [-0.3, -0.25) is 9.59 Å². The Kier molecular flexibility index (Phi) is 4.52. The molecule has 0 atom stereocenters. The van der Waals surface area contributed by atoms with Gasteiger partial charge in [-0.2, -0.15) is 0 Å². The van der Waals surface area contributed by atoms with Gasteiger partial charge in [0.05, 0.1) is 15.2 Å². The first kappa shape index (κ1) is 15.4. The Morgan fingerprint density at radius 1 is 1.26 bits per heavy atom. The molecular weight excluding hydrogens is 310 g/mol. The average molecular weight is 327 g/mol. The minimum absolute atomic E-state index is 0.149. The molecule has 1 aromatic carbocycles. The van der Waals surface area contributed by atoms with Crippen LogP contribution < -0.4 is 10.9 Å². The summed E-state index contributed by atoms with van der Waals surface area (Å²) in [6.07, 6.45) is 1.60. The molecule has 0 unspecified atom stereocenters. The first-order valence-corrected chi connectivity index (χ1v) is 8.28. The van der Waals surface area contributed by atoms with Crippen molar-refractivity contribution in [3.05, 3.63) is 63.0 Å². The van der Waals surface area contributed by atoms with E-state index in [0.29, 0.717) is 6.54 Å². The predicted octanol–water partition coefficient (Wildman–Crippen LogP) is 2.66. The number of hydrogen-bond acceptors (Lipinski definition) is 4. The number of fused-ring (bicyclic) bond motifs is 1. The molecule has 0 bridgehead atoms. The first-order valence-electron chi connectivity index (χ1n) is 7.46. The maximum absolute atomic E-state index is 12.0. The topological polar surface area (TPSA) is 74.8 Å². The van der Waals surface area contributed by atoms with Crippen LogP contribution in [0.15, 0.2) is 41.2 Å². The van der Waals surface area contributed by atoms with E-state index in [1.807, 2.05) is 18.2 Å². The number of nitrogens with zero attached hydrogens (tertiary/aromatic N) is 1. The van der Waals surface area contributed by atoms with Gasteiger partial charge in [0.2, 0.25) is 0 Å². The number of aromatic amines is 1. The van der Waals surface area contributed by atoms with Crippen LogP contribution in [0.25, 0.3) is 10.2 Å². The van der Waals surface area contributed by atoms with Crippen LogP contribution >= 0.6 is 11.3 Å². The smallest absolute Gasteiger partial charge is 0.260 e. The quantitative estimate of drug-likeness (QED) is 0.708. The molecule has 2 heterocycles. The van der Waals surface area contributed by atoms with Crippen molar-refractivity contribution in [2.24, 2.45) is 0 Å². The minimum atomic E-state index is -0.353. The van der Waals surface area contributed by atoms with Crippen molar-refractivity contribution in [2.45, 2.75) is 19.8 Å². The summed E-state index contributed by atoms with van der Waals surface area (Å²) in [4.78, 5) is 30.9. The largest absolute Gasteiger partial charge is 0.352 e. The molecule has 23 heavy (non-hydrogen) atoms. The van der Waals surface area contributed by atoms with Crippen LogP contribution in [0.4, 0.5) is 0 Å². The van der Waals surface area contributed by atoms with E-state index in [1.54, 1.807) is 30.4 Å². The number of benzene rings is 1. The molecule has 2 N–H and O–H groups in total. The van der Waals surface area contributed by atoms with Crippen molar-refractivity contribution in [3.63, 3.8) is 0 Å². The van der Waals surface area contributed by atoms with Gasteiger partial charge in [0, 0.05) is 18.7 Å². The van der Waals surface area contributed by atoms with Crippen LogP contribution in [0.2, 0.25) is 0 Å². The number of carbonyl (C=O) groups excluding carboxylic acids is 1. The number of pyridine rings is 1. The molecule has 0 radical (unpaired) electrons. The lowest BCUT2D eigenvalue weighted by molar-refractivity contribution is 0.0951. The number of nitrogens with one attached hydrogen (secondary N) is 2. The lowest BCUT2D eigenvalue weighted by Gasteiger charge is -2.04. The second-order valence-electron chi connectivity index (χ2n) is 5.32. The summed E-state index contributed by atoms with van der Waals surface area (Å²) in [5, 5.41) is 3.84. The van der Waals surface area contributed by atoms with Gasteiger partial charge in [-0.25, -0.2) is 4.98 Å². The average Bonchev–Trinajstić information content (AvgIpc) is 2.94. The van der Waals surface area contributed by atoms with Crippen LogP contribution in [0, 0.1) is 6.92 Å². The number of hydrogen-bond donors (Lipinski definition) is 2. The molecule has 2 aromatic heterocycles. The fraction of sp³-hybridized carbons (Fsp3) is 0.235. The Balaban J connectivity index is 1.53. The minimum Gasteiger partial charge on any atom is -0.352 e. The number of rotatable bonds is 5. The van der Waals surface area contributed by atoms with Gasteiger partial charge < -0.3 is 10.3 Å². The molecule has 0 aliphatic rings. The third kappa shape index (κ3) is 3.65. The Morgan fingerprint density at radius 2 is 2.09 bits per heavy atom. The van der Waals surface area contributed by atoms with Crippen LogP contribution in [-0.2, 0) is 6.42 Å². The molecular formula is C17H17N3O2S. The highest BCUT2D eigenvalue weighted by molar-refractivity contribution is 7.18. The van der Waals surface area contributed by atoms with Gasteiger partial charge in [0.15, 0.2) is 0 Å². The summed E-state index contributed by atoms with van der Waals surface area (Å²) in [6, 6.07) is 11.3. The van der Waals surface area contributed by atoms with E-state index in [0.717, 1.165) is 29.1 Å². The number of H-pyrrole nitrogens is 1. The van der Waals surface area contributed by atoms with Crippen LogP contribution in [0.5, 0.6) is 0 Å². The standard InChI is InChI=1S/C17H17N3O2S/c1-11-8-9-12(17(22)19-11)16(21)18-10-4-7-15-20-13-5-2-3-6-14(13)23-15/h2-3,5-6,8-9H,4,7,10H2,1H3,(H,18,21)(H,19,22). The Labute approximate surface area is 137 Å². The zero-order chi connectivity index (χ0) is 16.2. The van der Waals surface area contributed by atoms with Crippen molar-refractivity contribution in [3.8, 4) is 0 Å². The van der Waals surface area contributed by atoms with E-state index in [9.17, 15) is 9.59 Å². The number of aromatic nitrogens is 2. The Bertz CT molecular complexity index is 865. The van der Waals surface area contributed by atoms with Crippen LogP contribution in [-0.4, -0.2) is 22.4 Å². The van der Waals surface area contributed by atoms with Crippen molar-refractivity contribution in [2.75, 3.05) is 6.54 Å². The SMILES string of the molecule is Cc1ccc(C(=O)NCCCc2nc3ccccc3s2)c(=O)[nH]1. The third-order valence-electron chi connectivity index (χ3n) is 3.49. The van der Waals surface area contributed by atoms with Crippen LogP contribution in [0.3, 0.4) is 0 Å². The van der Waals surface area contributed by atoms with Crippen molar-refractivity contribution in [1.29, 1.82) is 0 Å². The highest BCUT2D eigenvalue weighted by Crippen LogP contribution is 2.22. The number of aryl methyl sites for hydroxylation is 2. The fourth-order valence-electron chi connectivity index (χ4n) is 2.31. The van der Waals surface area contributed by atoms with E-state index in [1.165, 1.54) is 4.70 Å². The molecule has 1 amide bonds. The lowest BCUT2D eigenvalue weighted by Crippen LogP contribution is -2.30. The molecule has 0 aliphatic heterocycles. The van der Waals surface area contributed by atoms with E-state index in [2.05, 4.69) is 21.4 Å². The second-order valence-corrected chi connectivity index (χ2v) is 6.43. The number of para-hydroxylation sites is 1. The lowest BCUT2D eigenvalue weighted by atomic mass is 10.2. The maximum atomic E-state index is 12.0. The molecule has 0 fully saturated rings. The van der Waals surface area contributed by atoms with Crippen molar-refractivity contribution >= 4 is 27.5 Å². The summed E-state index contributed by atoms with van der Waals surface area (Å²) in [5.74, 6) is -0.337. The molecule has 5 nitrogen and oxygen atoms in total. The molecule has 3 rings (SSSR count). The monoisotopic (exact) mass is 327 g/mol. The normalized spacial score (nSPS) is 10.8. The van der Waals surface area contributed by atoms with Gasteiger partial charge in [0.1, 0.15) is 5.56 Å². The Morgan fingerprint density at radius 3 is 2.87 bits per heavy atom. The summed E-state index contributed by atoms with van der Waals surface area (Å²) < 4.78 is 1.18. The number of amides is 1. The van der Waals surface area contributed by atoms with Crippen molar-refractivity contribution < 1.29 is 4.79 Å². The van der Waals surface area contributed by atoms with Gasteiger partial charge in [-0.05, 0) is 37.6 Å². The predicted molar refractivity (Wildman–Crippen MR) is 92.1 cm³/mol. The van der Waals surface area contributed by atoms with Gasteiger partial charge in [-0.15, -0.1) is 11.3 Å². The molecule has 6 heteroatoms. The van der Waals surface area contributed by atoms with E-state index >= 15 is 0 Å². The number of carbonyl (C=O) groups is 1. The molecule has 0 aliphatic carbocycles. The third-order valence-corrected chi connectivity index (χ3v) is 4.59. The van der Waals surface area contributed by atoms with Crippen LogP contribution in [0.1, 0.15) is 27.5 Å². The molecule has 3 aromatic rings.